The number of rotatable bonds is 4. The summed E-state index contributed by atoms with van der Waals surface area (Å²) < 4.78 is 0. The average molecular weight is 205 g/mol. The first-order chi connectivity index (χ1) is 4.74. The van der Waals surface area contributed by atoms with E-state index in [1.165, 1.54) is 5.57 Å². The molecule has 10 heavy (non-hydrogen) atoms. The summed E-state index contributed by atoms with van der Waals surface area (Å²) in [5, 5.41) is 0.815. The van der Waals surface area contributed by atoms with Gasteiger partial charge in [-0.3, -0.25) is 4.79 Å². The molecule has 0 aliphatic rings. The molecule has 0 saturated heterocycles. The van der Waals surface area contributed by atoms with Gasteiger partial charge in [0.05, 0.1) is 0 Å². The molecule has 0 atom stereocenters. The molecule has 1 nitrogen and oxygen atoms in total. The van der Waals surface area contributed by atoms with Gasteiger partial charge in [0, 0.05) is 11.8 Å². The molecule has 0 aliphatic heterocycles. The first-order valence-electron chi connectivity index (χ1n) is 3.52. The van der Waals surface area contributed by atoms with E-state index in [0.717, 1.165) is 11.8 Å². The zero-order valence-electron chi connectivity index (χ0n) is 6.48. The van der Waals surface area contributed by atoms with Crippen molar-refractivity contribution in [1.82, 2.24) is 0 Å². The number of halogens is 1. The van der Waals surface area contributed by atoms with E-state index in [2.05, 4.69) is 22.9 Å². The van der Waals surface area contributed by atoms with Crippen molar-refractivity contribution in [2.45, 2.75) is 26.7 Å². The standard InChI is InChI=1S/C8H13BrO/c1-3-7(6-9)5-8(10)4-2/h5H,3-4,6H2,1-2H3. The van der Waals surface area contributed by atoms with Gasteiger partial charge in [-0.1, -0.05) is 35.4 Å². The summed E-state index contributed by atoms with van der Waals surface area (Å²) in [6, 6.07) is 0. The Kier molecular flexibility index (Phi) is 5.60. The van der Waals surface area contributed by atoms with Crippen LogP contribution in [0.3, 0.4) is 0 Å². The molecule has 0 spiro atoms. The molecule has 0 aromatic rings. The highest BCUT2D eigenvalue weighted by Gasteiger charge is 1.95. The van der Waals surface area contributed by atoms with Gasteiger partial charge in [0.2, 0.25) is 0 Å². The van der Waals surface area contributed by atoms with Crippen molar-refractivity contribution in [2.24, 2.45) is 0 Å². The molecule has 2 heteroatoms. The molecule has 0 rings (SSSR count). The topological polar surface area (TPSA) is 17.1 Å². The maximum absolute atomic E-state index is 10.8. The van der Waals surface area contributed by atoms with Crippen LogP contribution in [0.15, 0.2) is 11.6 Å². The SMILES string of the molecule is CCC(=O)C=C(CC)CBr. The zero-order chi connectivity index (χ0) is 7.98. The Morgan fingerprint density at radius 3 is 2.30 bits per heavy atom. The van der Waals surface area contributed by atoms with E-state index in [0.29, 0.717) is 6.42 Å². The van der Waals surface area contributed by atoms with Crippen molar-refractivity contribution >= 4 is 21.7 Å². The van der Waals surface area contributed by atoms with E-state index >= 15 is 0 Å². The number of carbonyl (C=O) groups is 1. The summed E-state index contributed by atoms with van der Waals surface area (Å²) in [6.07, 6.45) is 3.29. The smallest absolute Gasteiger partial charge is 0.155 e. The number of allylic oxidation sites excluding steroid dienone is 2. The molecule has 0 aromatic carbocycles. The molecule has 0 heterocycles. The molecule has 0 bridgehead atoms. The van der Waals surface area contributed by atoms with Gasteiger partial charge < -0.3 is 0 Å². The molecule has 0 amide bonds. The van der Waals surface area contributed by atoms with Crippen LogP contribution in [0.5, 0.6) is 0 Å². The van der Waals surface area contributed by atoms with Crippen molar-refractivity contribution < 1.29 is 4.79 Å². The van der Waals surface area contributed by atoms with Gasteiger partial charge in [0.15, 0.2) is 5.78 Å². The Balaban J connectivity index is 3.96. The van der Waals surface area contributed by atoms with E-state index in [4.69, 9.17) is 0 Å². The van der Waals surface area contributed by atoms with Crippen LogP contribution in [-0.2, 0) is 4.79 Å². The second-order valence-electron chi connectivity index (χ2n) is 2.11. The maximum Gasteiger partial charge on any atom is 0.155 e. The number of ketones is 1. The first kappa shape index (κ1) is 9.89. The molecular weight excluding hydrogens is 192 g/mol. The summed E-state index contributed by atoms with van der Waals surface area (Å²) >= 11 is 3.31. The van der Waals surface area contributed by atoms with Crippen molar-refractivity contribution in [3.05, 3.63) is 11.6 Å². The first-order valence-corrected chi connectivity index (χ1v) is 4.65. The highest BCUT2D eigenvalue weighted by Crippen LogP contribution is 2.04. The Morgan fingerprint density at radius 2 is 2.00 bits per heavy atom. The van der Waals surface area contributed by atoms with E-state index in [1.54, 1.807) is 6.08 Å². The molecule has 0 saturated carbocycles. The van der Waals surface area contributed by atoms with Crippen LogP contribution >= 0.6 is 15.9 Å². The van der Waals surface area contributed by atoms with Crippen LogP contribution in [0.25, 0.3) is 0 Å². The fourth-order valence-electron chi connectivity index (χ4n) is 0.565. The van der Waals surface area contributed by atoms with E-state index in [-0.39, 0.29) is 5.78 Å². The summed E-state index contributed by atoms with van der Waals surface area (Å²) in [5.74, 6) is 0.219. The molecule has 0 N–H and O–H groups in total. The molecule has 0 aliphatic carbocycles. The van der Waals surface area contributed by atoms with E-state index in [1.807, 2.05) is 6.92 Å². The summed E-state index contributed by atoms with van der Waals surface area (Å²) in [4.78, 5) is 10.8. The Hall–Kier alpha value is -0.110. The van der Waals surface area contributed by atoms with Crippen molar-refractivity contribution in [1.29, 1.82) is 0 Å². The molecule has 0 aromatic heterocycles. The number of carbonyl (C=O) groups excluding carboxylic acids is 1. The third-order valence-electron chi connectivity index (χ3n) is 1.34. The van der Waals surface area contributed by atoms with Crippen LogP contribution < -0.4 is 0 Å². The Labute approximate surface area is 70.6 Å². The minimum Gasteiger partial charge on any atom is -0.295 e. The maximum atomic E-state index is 10.8. The Bertz CT molecular complexity index is 132. The second kappa shape index (κ2) is 5.66. The van der Waals surface area contributed by atoms with Gasteiger partial charge >= 0.3 is 0 Å². The van der Waals surface area contributed by atoms with Crippen LogP contribution in [-0.4, -0.2) is 11.1 Å². The lowest BCUT2D eigenvalue weighted by Crippen LogP contribution is -1.92. The highest BCUT2D eigenvalue weighted by atomic mass is 79.9. The molecule has 0 radical (unpaired) electrons. The predicted octanol–water partition coefficient (Wildman–Crippen LogP) is 2.70. The van der Waals surface area contributed by atoms with Crippen LogP contribution in [0.2, 0.25) is 0 Å². The highest BCUT2D eigenvalue weighted by molar-refractivity contribution is 9.09. The van der Waals surface area contributed by atoms with Gasteiger partial charge in [-0.15, -0.1) is 0 Å². The van der Waals surface area contributed by atoms with Crippen molar-refractivity contribution in [3.63, 3.8) is 0 Å². The van der Waals surface area contributed by atoms with Crippen LogP contribution in [0.4, 0.5) is 0 Å². The van der Waals surface area contributed by atoms with Gasteiger partial charge in [0.25, 0.3) is 0 Å². The third-order valence-corrected chi connectivity index (χ3v) is 2.06. The fourth-order valence-corrected chi connectivity index (χ4v) is 1.12. The molecule has 0 fully saturated rings. The minimum atomic E-state index is 0.219. The summed E-state index contributed by atoms with van der Waals surface area (Å²) in [6.45, 7) is 3.93. The lowest BCUT2D eigenvalue weighted by atomic mass is 10.2. The molecule has 0 unspecified atom stereocenters. The number of hydrogen-bond acceptors (Lipinski definition) is 1. The lowest BCUT2D eigenvalue weighted by molar-refractivity contribution is -0.114. The lowest BCUT2D eigenvalue weighted by Gasteiger charge is -1.95. The molecule has 58 valence electrons. The average Bonchev–Trinajstić information content (AvgIpc) is 1.99. The number of alkyl halides is 1. The normalized spacial score (nSPS) is 11.7. The van der Waals surface area contributed by atoms with Gasteiger partial charge in [-0.25, -0.2) is 0 Å². The summed E-state index contributed by atoms with van der Waals surface area (Å²) in [5.41, 5.74) is 1.17. The monoisotopic (exact) mass is 204 g/mol. The molecular formula is C8H13BrO. The minimum absolute atomic E-state index is 0.219. The van der Waals surface area contributed by atoms with Gasteiger partial charge in [0.1, 0.15) is 0 Å². The van der Waals surface area contributed by atoms with Crippen molar-refractivity contribution in [3.8, 4) is 0 Å². The second-order valence-corrected chi connectivity index (χ2v) is 2.67. The van der Waals surface area contributed by atoms with Gasteiger partial charge in [-0.05, 0) is 12.5 Å². The zero-order valence-corrected chi connectivity index (χ0v) is 8.07. The predicted molar refractivity (Wildman–Crippen MR) is 47.5 cm³/mol. The van der Waals surface area contributed by atoms with Crippen LogP contribution in [0.1, 0.15) is 26.7 Å². The van der Waals surface area contributed by atoms with Crippen molar-refractivity contribution in [2.75, 3.05) is 5.33 Å². The number of hydrogen-bond donors (Lipinski definition) is 0. The van der Waals surface area contributed by atoms with E-state index < -0.39 is 0 Å². The quantitative estimate of drug-likeness (QED) is 0.509. The van der Waals surface area contributed by atoms with Gasteiger partial charge in [-0.2, -0.15) is 0 Å². The third kappa shape index (κ3) is 3.83. The largest absolute Gasteiger partial charge is 0.295 e. The van der Waals surface area contributed by atoms with Crippen LogP contribution in [0, 0.1) is 0 Å². The Morgan fingerprint density at radius 1 is 1.40 bits per heavy atom. The fraction of sp³-hybridized carbons (Fsp3) is 0.625. The van der Waals surface area contributed by atoms with E-state index in [9.17, 15) is 4.79 Å². The summed E-state index contributed by atoms with van der Waals surface area (Å²) in [7, 11) is 0.